The summed E-state index contributed by atoms with van der Waals surface area (Å²) in [6.07, 6.45) is 4.15. The average molecular weight is 203 g/mol. The molecule has 0 unspecified atom stereocenters. The first-order valence-electron chi connectivity index (χ1n) is 5.48. The Balaban J connectivity index is 4.06. The molecule has 0 fully saturated rings. The predicted octanol–water partition coefficient (Wildman–Crippen LogP) is 2.68. The third kappa shape index (κ3) is 5.20. The number of hydrogen-bond acceptors (Lipinski definition) is 1. The van der Waals surface area contributed by atoms with E-state index in [0.29, 0.717) is 0 Å². The largest absolute Gasteiger partial charge is 0.351 e. The van der Waals surface area contributed by atoms with Gasteiger partial charge in [0, 0.05) is 6.92 Å². The van der Waals surface area contributed by atoms with Crippen molar-refractivity contribution in [1.29, 1.82) is 0 Å². The summed E-state index contributed by atoms with van der Waals surface area (Å²) >= 11 is 0. The van der Waals surface area contributed by atoms with Gasteiger partial charge in [0.2, 0.25) is 5.91 Å². The minimum Gasteiger partial charge on any atom is -0.351 e. The van der Waals surface area contributed by atoms with Gasteiger partial charge in [-0.3, -0.25) is 4.79 Å². The first-order chi connectivity index (χ1) is 6.65. The van der Waals surface area contributed by atoms with Crippen LogP contribution in [0, 0.1) is 5.92 Å². The van der Waals surface area contributed by atoms with Gasteiger partial charge in [0.05, 0.1) is 6.04 Å². The van der Waals surface area contributed by atoms with Crippen molar-refractivity contribution >= 4 is 5.91 Å². The van der Waals surface area contributed by atoms with Crippen LogP contribution in [-0.4, -0.2) is 18.6 Å². The molecule has 0 aliphatic rings. The van der Waals surface area contributed by atoms with Crippen LogP contribution in [0.4, 0.5) is 4.39 Å². The van der Waals surface area contributed by atoms with Gasteiger partial charge in [0.15, 0.2) is 0 Å². The average Bonchev–Trinajstić information content (AvgIpc) is 2.16. The molecule has 0 bridgehead atoms. The molecular weight excluding hydrogens is 181 g/mol. The first kappa shape index (κ1) is 13.4. The van der Waals surface area contributed by atoms with Gasteiger partial charge in [-0.2, -0.15) is 0 Å². The minimum atomic E-state index is -0.457. The molecular formula is C11H22FNO. The van der Waals surface area contributed by atoms with Crippen molar-refractivity contribution in [3.8, 4) is 0 Å². The summed E-state index contributed by atoms with van der Waals surface area (Å²) in [5, 5.41) is 2.68. The Morgan fingerprint density at radius 2 is 2.07 bits per heavy atom. The zero-order valence-electron chi connectivity index (χ0n) is 9.48. The molecule has 3 heteroatoms. The second kappa shape index (κ2) is 7.77. The van der Waals surface area contributed by atoms with Crippen LogP contribution in [0.25, 0.3) is 0 Å². The number of hydrogen-bond donors (Lipinski definition) is 1. The molecule has 0 saturated carbocycles. The van der Waals surface area contributed by atoms with E-state index in [1.54, 1.807) is 0 Å². The summed E-state index contributed by atoms with van der Waals surface area (Å²) < 4.78 is 12.7. The molecule has 0 aliphatic heterocycles. The Morgan fingerprint density at radius 3 is 2.43 bits per heavy atom. The summed E-state index contributed by atoms with van der Waals surface area (Å²) in [4.78, 5) is 10.8. The highest BCUT2D eigenvalue weighted by Gasteiger charge is 2.19. The number of carbonyl (C=O) groups excluding carboxylic acids is 1. The van der Waals surface area contributed by atoms with Crippen LogP contribution in [0.15, 0.2) is 0 Å². The fourth-order valence-electron chi connectivity index (χ4n) is 1.70. The van der Waals surface area contributed by atoms with Crippen molar-refractivity contribution in [2.24, 2.45) is 5.92 Å². The zero-order valence-corrected chi connectivity index (χ0v) is 9.48. The zero-order chi connectivity index (χ0) is 11.0. The molecule has 0 aromatic carbocycles. The number of carbonyl (C=O) groups is 1. The van der Waals surface area contributed by atoms with Crippen molar-refractivity contribution in [1.82, 2.24) is 5.32 Å². The third-order valence-corrected chi connectivity index (χ3v) is 2.58. The van der Waals surface area contributed by atoms with E-state index in [2.05, 4.69) is 12.2 Å². The monoisotopic (exact) mass is 203 g/mol. The summed E-state index contributed by atoms with van der Waals surface area (Å²) in [7, 11) is 0. The van der Waals surface area contributed by atoms with E-state index in [1.165, 1.54) is 6.92 Å². The summed E-state index contributed by atoms with van der Waals surface area (Å²) in [5.41, 5.74) is 0. The van der Waals surface area contributed by atoms with E-state index >= 15 is 0 Å². The van der Waals surface area contributed by atoms with Gasteiger partial charge in [-0.1, -0.05) is 33.1 Å². The van der Waals surface area contributed by atoms with Gasteiger partial charge in [-0.05, 0) is 12.3 Å². The molecule has 0 rings (SSSR count). The number of nitrogens with one attached hydrogen (secondary N) is 1. The summed E-state index contributed by atoms with van der Waals surface area (Å²) in [5.74, 6) is 0.145. The lowest BCUT2D eigenvalue weighted by atomic mass is 9.92. The van der Waals surface area contributed by atoms with Gasteiger partial charge < -0.3 is 5.32 Å². The Kier molecular flexibility index (Phi) is 7.44. The fraction of sp³-hybridized carbons (Fsp3) is 0.909. The highest BCUT2D eigenvalue weighted by Crippen LogP contribution is 2.17. The number of alkyl halides is 1. The standard InChI is InChI=1S/C11H22FNO/c1-4-6-7-10(5-2)11(8-12)13-9(3)14/h10-11H,4-8H2,1-3H3,(H,13,14)/t10-,11+/m1/s1. The lowest BCUT2D eigenvalue weighted by molar-refractivity contribution is -0.120. The highest BCUT2D eigenvalue weighted by atomic mass is 19.1. The Morgan fingerprint density at radius 1 is 1.43 bits per heavy atom. The molecule has 1 amide bonds. The Bertz CT molecular complexity index is 161. The lowest BCUT2D eigenvalue weighted by Gasteiger charge is -2.24. The maximum Gasteiger partial charge on any atom is 0.217 e. The molecule has 14 heavy (non-hydrogen) atoms. The van der Waals surface area contributed by atoms with Crippen molar-refractivity contribution in [3.05, 3.63) is 0 Å². The molecule has 0 aromatic rings. The van der Waals surface area contributed by atoms with Gasteiger partial charge in [-0.25, -0.2) is 4.39 Å². The van der Waals surface area contributed by atoms with Crippen molar-refractivity contribution in [2.45, 2.75) is 52.5 Å². The molecule has 0 radical (unpaired) electrons. The summed E-state index contributed by atoms with van der Waals surface area (Å²) in [6.45, 7) is 5.15. The van der Waals surface area contributed by atoms with Crippen LogP contribution in [-0.2, 0) is 4.79 Å². The van der Waals surface area contributed by atoms with E-state index in [9.17, 15) is 9.18 Å². The van der Waals surface area contributed by atoms with Crippen molar-refractivity contribution in [3.63, 3.8) is 0 Å². The first-order valence-corrected chi connectivity index (χ1v) is 5.48. The van der Waals surface area contributed by atoms with E-state index in [-0.39, 0.29) is 17.9 Å². The predicted molar refractivity (Wildman–Crippen MR) is 56.9 cm³/mol. The van der Waals surface area contributed by atoms with Crippen LogP contribution in [0.2, 0.25) is 0 Å². The molecule has 1 N–H and O–H groups in total. The quantitative estimate of drug-likeness (QED) is 0.677. The molecule has 0 aromatic heterocycles. The normalized spacial score (nSPS) is 14.9. The molecule has 0 saturated heterocycles. The van der Waals surface area contributed by atoms with Gasteiger partial charge in [0.25, 0.3) is 0 Å². The van der Waals surface area contributed by atoms with Crippen molar-refractivity contribution < 1.29 is 9.18 Å². The smallest absolute Gasteiger partial charge is 0.217 e. The van der Waals surface area contributed by atoms with Crippen LogP contribution in [0.1, 0.15) is 46.5 Å². The number of unbranched alkanes of at least 4 members (excludes halogenated alkanes) is 1. The van der Waals surface area contributed by atoms with E-state index in [0.717, 1.165) is 25.7 Å². The van der Waals surface area contributed by atoms with Gasteiger partial charge in [-0.15, -0.1) is 0 Å². The minimum absolute atomic E-state index is 0.136. The molecule has 0 heterocycles. The van der Waals surface area contributed by atoms with E-state index in [1.807, 2.05) is 6.92 Å². The lowest BCUT2D eigenvalue weighted by Crippen LogP contribution is -2.40. The number of halogens is 1. The highest BCUT2D eigenvalue weighted by molar-refractivity contribution is 5.73. The molecule has 84 valence electrons. The number of rotatable bonds is 7. The van der Waals surface area contributed by atoms with Crippen LogP contribution in [0.5, 0.6) is 0 Å². The van der Waals surface area contributed by atoms with Gasteiger partial charge >= 0.3 is 0 Å². The molecule has 0 aliphatic carbocycles. The van der Waals surface area contributed by atoms with Crippen LogP contribution in [0.3, 0.4) is 0 Å². The maximum absolute atomic E-state index is 12.7. The number of amides is 1. The maximum atomic E-state index is 12.7. The van der Waals surface area contributed by atoms with E-state index < -0.39 is 6.67 Å². The second-order valence-electron chi connectivity index (χ2n) is 3.77. The SMILES string of the molecule is CCCC[C@@H](CC)[C@H](CF)NC(C)=O. The molecule has 2 atom stereocenters. The van der Waals surface area contributed by atoms with Gasteiger partial charge in [0.1, 0.15) is 6.67 Å². The molecule has 0 spiro atoms. The molecule has 2 nitrogen and oxygen atoms in total. The third-order valence-electron chi connectivity index (χ3n) is 2.58. The Labute approximate surface area is 86.3 Å². The fourth-order valence-corrected chi connectivity index (χ4v) is 1.70. The second-order valence-corrected chi connectivity index (χ2v) is 3.77. The van der Waals surface area contributed by atoms with Crippen LogP contribution >= 0.6 is 0 Å². The van der Waals surface area contributed by atoms with E-state index in [4.69, 9.17) is 0 Å². The van der Waals surface area contributed by atoms with Crippen LogP contribution < -0.4 is 5.32 Å². The topological polar surface area (TPSA) is 29.1 Å². The van der Waals surface area contributed by atoms with Crippen molar-refractivity contribution in [2.75, 3.05) is 6.67 Å². The Hall–Kier alpha value is -0.600. The summed E-state index contributed by atoms with van der Waals surface area (Å²) in [6, 6.07) is -0.288.